The zero-order valence-electron chi connectivity index (χ0n) is 27.7. The van der Waals surface area contributed by atoms with Gasteiger partial charge in [0.2, 0.25) is 11.8 Å². The monoisotopic (exact) mass is 697 g/mol. The van der Waals surface area contributed by atoms with Gasteiger partial charge in [0.15, 0.2) is 0 Å². The maximum atomic E-state index is 13.7. The second kappa shape index (κ2) is 13.0. The smallest absolute Gasteiger partial charge is 0.353 e. The van der Waals surface area contributed by atoms with E-state index in [4.69, 9.17) is 0 Å². The van der Waals surface area contributed by atoms with E-state index in [0.29, 0.717) is 12.8 Å². The quantitative estimate of drug-likeness (QED) is 0.168. The molecule has 5 nitrogen and oxygen atoms in total. The zero-order chi connectivity index (χ0) is 35.3. The van der Waals surface area contributed by atoms with E-state index < -0.39 is 35.8 Å². The van der Waals surface area contributed by atoms with E-state index >= 15 is 0 Å². The first kappa shape index (κ1) is 34.6. The first-order valence-electron chi connectivity index (χ1n) is 17.6. The molecule has 1 saturated heterocycles. The summed E-state index contributed by atoms with van der Waals surface area (Å²) in [6, 6.07) is 20.3. The van der Waals surface area contributed by atoms with Crippen molar-refractivity contribution in [3.05, 3.63) is 95.1 Å². The molecule has 2 bridgehead atoms. The number of piperidine rings is 1. The summed E-state index contributed by atoms with van der Waals surface area (Å²) >= 11 is 0. The lowest BCUT2D eigenvalue weighted by Crippen LogP contribution is -2.55. The molecule has 2 N–H and O–H groups in total. The van der Waals surface area contributed by atoms with Crippen LogP contribution >= 0.6 is 0 Å². The molecule has 50 heavy (non-hydrogen) atoms. The Morgan fingerprint density at radius 2 is 1.42 bits per heavy atom. The van der Waals surface area contributed by atoms with Crippen LogP contribution in [0.1, 0.15) is 73.6 Å². The van der Waals surface area contributed by atoms with Crippen LogP contribution in [-0.4, -0.2) is 55.1 Å². The molecule has 8 rings (SSSR count). The number of nitrogens with one attached hydrogen (secondary N) is 2. The minimum Gasteiger partial charge on any atom is -0.353 e. The molecule has 1 heterocycles. The number of nitrogens with zero attached hydrogens (tertiary/aromatic N) is 1. The number of hydrogen-bond acceptors (Lipinski definition) is 3. The SMILES string of the molecule is O=C(NC1CCN(CCCCC2(C(=O)NCC(F)(F)F)c3ccccc3-c3ccccc32)CC1)C1C2CCC1(c1ccc(C(F)(F)F)cc1)C2. The van der Waals surface area contributed by atoms with E-state index in [9.17, 15) is 35.9 Å². The Kier molecular flexibility index (Phi) is 9.02. The average Bonchev–Trinajstić information content (AvgIpc) is 3.77. The largest absolute Gasteiger partial charge is 0.416 e. The number of unbranched alkanes of at least 4 members (excludes halogenated alkanes) is 1. The second-order valence-corrected chi connectivity index (χ2v) is 14.6. The van der Waals surface area contributed by atoms with E-state index in [0.717, 1.165) is 98.1 Å². The normalized spacial score (nSPS) is 24.3. The summed E-state index contributed by atoms with van der Waals surface area (Å²) in [5, 5.41) is 5.46. The molecule has 4 aliphatic carbocycles. The predicted molar refractivity (Wildman–Crippen MR) is 177 cm³/mol. The Morgan fingerprint density at radius 3 is 2.00 bits per heavy atom. The van der Waals surface area contributed by atoms with E-state index in [1.54, 1.807) is 12.1 Å². The van der Waals surface area contributed by atoms with Crippen LogP contribution in [0.4, 0.5) is 26.3 Å². The van der Waals surface area contributed by atoms with Crippen molar-refractivity contribution in [1.29, 1.82) is 0 Å². The third-order valence-corrected chi connectivity index (χ3v) is 11.8. The van der Waals surface area contributed by atoms with Gasteiger partial charge in [-0.3, -0.25) is 9.59 Å². The maximum absolute atomic E-state index is 13.7. The highest BCUT2D eigenvalue weighted by Crippen LogP contribution is 2.64. The lowest BCUT2D eigenvalue weighted by Gasteiger charge is -2.47. The minimum atomic E-state index is -4.52. The average molecular weight is 698 g/mol. The number of rotatable bonds is 10. The molecule has 2 amide bonds. The standard InChI is InChI=1S/C39H41F6N3O2/c40-38(41,42)24-46-35(50)37(31-9-3-1-7-29(31)30-8-2-4-10-32(30)37)18-5-6-20-48-21-16-28(17-22-48)47-34(49)33-25-15-19-36(33,23-25)26-11-13-27(14-12-26)39(43,44)45/h1-4,7-14,25,28,33H,5-6,15-24H2,(H,46,50)(H,47,49). The zero-order valence-corrected chi connectivity index (χ0v) is 27.7. The fourth-order valence-electron chi connectivity index (χ4n) is 9.47. The summed E-state index contributed by atoms with van der Waals surface area (Å²) in [6.07, 6.45) is -3.05. The van der Waals surface area contributed by atoms with E-state index in [1.807, 2.05) is 48.5 Å². The molecule has 0 aromatic heterocycles. The van der Waals surface area contributed by atoms with Gasteiger partial charge in [0.1, 0.15) is 12.0 Å². The highest BCUT2D eigenvalue weighted by molar-refractivity contribution is 6.00. The molecule has 4 fully saturated rings. The molecular formula is C39H41F6N3O2. The van der Waals surface area contributed by atoms with Crippen LogP contribution in [0.15, 0.2) is 72.8 Å². The van der Waals surface area contributed by atoms with Crippen LogP contribution < -0.4 is 10.6 Å². The summed E-state index contributed by atoms with van der Waals surface area (Å²) < 4.78 is 79.0. The number of alkyl halides is 6. The molecule has 266 valence electrons. The van der Waals surface area contributed by atoms with Gasteiger partial charge in [-0.2, -0.15) is 26.3 Å². The number of carbonyl (C=O) groups excluding carboxylic acids is 2. The van der Waals surface area contributed by atoms with Crippen LogP contribution in [0, 0.1) is 11.8 Å². The lowest BCUT2D eigenvalue weighted by atomic mass is 9.56. The maximum Gasteiger partial charge on any atom is 0.416 e. The Labute approximate surface area is 287 Å². The first-order valence-corrected chi connectivity index (χ1v) is 17.6. The van der Waals surface area contributed by atoms with Crippen molar-refractivity contribution >= 4 is 11.8 Å². The number of hydrogen-bond donors (Lipinski definition) is 2. The van der Waals surface area contributed by atoms with Crippen LogP contribution in [-0.2, 0) is 26.6 Å². The van der Waals surface area contributed by atoms with Crippen molar-refractivity contribution in [2.24, 2.45) is 11.8 Å². The van der Waals surface area contributed by atoms with Crippen LogP contribution in [0.25, 0.3) is 11.1 Å². The number of likely N-dealkylation sites (tertiary alicyclic amines) is 1. The molecule has 5 aliphatic rings. The third kappa shape index (κ3) is 6.20. The second-order valence-electron chi connectivity index (χ2n) is 14.6. The summed E-state index contributed by atoms with van der Waals surface area (Å²) in [5.41, 5.74) is 1.74. The number of amides is 2. The van der Waals surface area contributed by atoms with Crippen molar-refractivity contribution in [2.45, 2.75) is 80.6 Å². The van der Waals surface area contributed by atoms with Gasteiger partial charge < -0.3 is 15.5 Å². The molecule has 11 heteroatoms. The molecule has 1 aliphatic heterocycles. The third-order valence-electron chi connectivity index (χ3n) is 11.8. The van der Waals surface area contributed by atoms with Crippen LogP contribution in [0.5, 0.6) is 0 Å². The summed E-state index contributed by atoms with van der Waals surface area (Å²) in [4.78, 5) is 29.6. The van der Waals surface area contributed by atoms with Crippen LogP contribution in [0.2, 0.25) is 0 Å². The van der Waals surface area contributed by atoms with E-state index in [2.05, 4.69) is 15.5 Å². The van der Waals surface area contributed by atoms with Crippen molar-refractivity contribution in [1.82, 2.24) is 15.5 Å². The topological polar surface area (TPSA) is 61.4 Å². The summed E-state index contributed by atoms with van der Waals surface area (Å²) in [5.74, 6) is -0.592. The molecule has 3 aromatic carbocycles. The Balaban J connectivity index is 0.937. The molecule has 3 saturated carbocycles. The Hall–Kier alpha value is -3.86. The fraction of sp³-hybridized carbons (Fsp3) is 0.487. The number of benzene rings is 3. The van der Waals surface area contributed by atoms with Crippen LogP contribution in [0.3, 0.4) is 0 Å². The molecule has 0 radical (unpaired) electrons. The van der Waals surface area contributed by atoms with Gasteiger partial charge in [0, 0.05) is 24.5 Å². The van der Waals surface area contributed by atoms with Gasteiger partial charge in [0.25, 0.3) is 0 Å². The Bertz CT molecular complexity index is 1680. The predicted octanol–water partition coefficient (Wildman–Crippen LogP) is 7.77. The van der Waals surface area contributed by atoms with Crippen molar-refractivity contribution < 1.29 is 35.9 Å². The molecule has 0 spiro atoms. The van der Waals surface area contributed by atoms with E-state index in [1.165, 1.54) is 0 Å². The summed E-state index contributed by atoms with van der Waals surface area (Å²) in [7, 11) is 0. The lowest BCUT2D eigenvalue weighted by molar-refractivity contribution is -0.141. The number of carbonyl (C=O) groups is 2. The minimum absolute atomic E-state index is 0.00308. The molecular weight excluding hydrogens is 656 g/mol. The fourth-order valence-corrected chi connectivity index (χ4v) is 9.47. The molecule has 3 unspecified atom stereocenters. The highest BCUT2D eigenvalue weighted by atomic mass is 19.4. The van der Waals surface area contributed by atoms with Gasteiger partial charge in [0.05, 0.1) is 11.5 Å². The van der Waals surface area contributed by atoms with Gasteiger partial charge in [-0.05, 0) is 97.4 Å². The molecule has 3 atom stereocenters. The summed E-state index contributed by atoms with van der Waals surface area (Å²) in [6.45, 7) is 0.949. The number of halogens is 6. The first-order chi connectivity index (χ1) is 23.8. The van der Waals surface area contributed by atoms with Gasteiger partial charge >= 0.3 is 12.4 Å². The van der Waals surface area contributed by atoms with Crippen molar-refractivity contribution in [3.8, 4) is 11.1 Å². The van der Waals surface area contributed by atoms with Crippen molar-refractivity contribution in [2.75, 3.05) is 26.2 Å². The van der Waals surface area contributed by atoms with E-state index in [-0.39, 0.29) is 29.2 Å². The Morgan fingerprint density at radius 1 is 0.800 bits per heavy atom. The highest BCUT2D eigenvalue weighted by Gasteiger charge is 2.62. The molecule has 3 aromatic rings. The van der Waals surface area contributed by atoms with Gasteiger partial charge in [-0.25, -0.2) is 0 Å². The number of fused-ring (bicyclic) bond motifs is 4. The van der Waals surface area contributed by atoms with Crippen molar-refractivity contribution in [3.63, 3.8) is 0 Å². The van der Waals surface area contributed by atoms with Gasteiger partial charge in [-0.1, -0.05) is 67.1 Å². The van der Waals surface area contributed by atoms with Gasteiger partial charge in [-0.15, -0.1) is 0 Å².